The third-order valence-electron chi connectivity index (χ3n) is 1.18. The summed E-state index contributed by atoms with van der Waals surface area (Å²) in [6, 6.07) is 0. The summed E-state index contributed by atoms with van der Waals surface area (Å²) in [5.74, 6) is 0. The number of hydrogen-bond donors (Lipinski definition) is 0. The summed E-state index contributed by atoms with van der Waals surface area (Å²) in [4.78, 5) is 3.91. The van der Waals surface area contributed by atoms with E-state index in [1.54, 1.807) is 4.68 Å². The molecule has 3 nitrogen and oxygen atoms in total. The molecule has 0 aliphatic rings. The number of hydrogen-bond acceptors (Lipinski definition) is 2. The van der Waals surface area contributed by atoms with Gasteiger partial charge in [-0.1, -0.05) is 0 Å². The minimum atomic E-state index is -0.0844. The second kappa shape index (κ2) is 2.75. The van der Waals surface area contributed by atoms with E-state index in [-0.39, 0.29) is 10.8 Å². The second-order valence-electron chi connectivity index (χ2n) is 3.23. The molecule has 0 radical (unpaired) electrons. The summed E-state index contributed by atoms with van der Waals surface area (Å²) in [6.45, 7) is 6.09. The molecule has 0 aromatic carbocycles. The highest BCUT2D eigenvalue weighted by Gasteiger charge is 2.18. The van der Waals surface area contributed by atoms with Crippen molar-refractivity contribution >= 4 is 27.5 Å². The molecule has 0 spiro atoms. The summed E-state index contributed by atoms with van der Waals surface area (Å²) < 4.78 is 2.39. The van der Waals surface area contributed by atoms with E-state index in [1.165, 1.54) is 0 Å². The fourth-order valence-corrected chi connectivity index (χ4v) is 1.73. The Kier molecular flexibility index (Phi) is 2.25. The van der Waals surface area contributed by atoms with Crippen molar-refractivity contribution < 1.29 is 0 Å². The molecule has 1 rings (SSSR count). The standard InChI is InChI=1S/C6H9BrClN3/c1-6(2,3)11-4(7)9-5(8)10-11/h1-3H3. The van der Waals surface area contributed by atoms with Gasteiger partial charge in [0, 0.05) is 0 Å². The maximum Gasteiger partial charge on any atom is 0.243 e. The third kappa shape index (κ3) is 1.93. The molecular formula is C6H9BrClN3. The van der Waals surface area contributed by atoms with Crippen molar-refractivity contribution in [3.8, 4) is 0 Å². The Hall–Kier alpha value is -0.0900. The van der Waals surface area contributed by atoms with Crippen LogP contribution >= 0.6 is 27.5 Å². The number of nitrogens with zero attached hydrogens (tertiary/aromatic N) is 3. The molecule has 0 saturated heterocycles. The molecule has 0 saturated carbocycles. The quantitative estimate of drug-likeness (QED) is 0.695. The van der Waals surface area contributed by atoms with E-state index in [4.69, 9.17) is 11.6 Å². The van der Waals surface area contributed by atoms with Crippen LogP contribution in [0.3, 0.4) is 0 Å². The average molecular weight is 239 g/mol. The molecule has 5 heteroatoms. The van der Waals surface area contributed by atoms with E-state index in [0.29, 0.717) is 4.73 Å². The maximum absolute atomic E-state index is 5.60. The Morgan fingerprint density at radius 3 is 2.18 bits per heavy atom. The fraction of sp³-hybridized carbons (Fsp3) is 0.667. The molecule has 1 aromatic heterocycles. The minimum Gasteiger partial charge on any atom is -0.233 e. The van der Waals surface area contributed by atoms with Gasteiger partial charge in [-0.2, -0.15) is 4.98 Å². The van der Waals surface area contributed by atoms with Crippen LogP contribution in [0.4, 0.5) is 0 Å². The first-order valence-corrected chi connectivity index (χ1v) is 4.37. The van der Waals surface area contributed by atoms with Gasteiger partial charge in [0.2, 0.25) is 5.28 Å². The predicted octanol–water partition coefficient (Wildman–Crippen LogP) is 2.45. The molecule has 0 N–H and O–H groups in total. The van der Waals surface area contributed by atoms with Crippen LogP contribution in [-0.2, 0) is 5.54 Å². The monoisotopic (exact) mass is 237 g/mol. The van der Waals surface area contributed by atoms with Crippen LogP contribution in [-0.4, -0.2) is 14.8 Å². The van der Waals surface area contributed by atoms with Gasteiger partial charge in [0.25, 0.3) is 0 Å². The van der Waals surface area contributed by atoms with Crippen LogP contribution in [0.2, 0.25) is 5.28 Å². The van der Waals surface area contributed by atoms with Crippen molar-refractivity contribution in [3.05, 3.63) is 10.0 Å². The molecule has 0 amide bonds. The van der Waals surface area contributed by atoms with Crippen LogP contribution in [0, 0.1) is 0 Å². The van der Waals surface area contributed by atoms with Gasteiger partial charge in [0.15, 0.2) is 4.73 Å². The molecular weight excluding hydrogens is 229 g/mol. The zero-order chi connectivity index (χ0) is 8.65. The smallest absolute Gasteiger partial charge is 0.233 e. The zero-order valence-corrected chi connectivity index (χ0v) is 8.94. The van der Waals surface area contributed by atoms with Gasteiger partial charge in [-0.05, 0) is 48.3 Å². The van der Waals surface area contributed by atoms with Crippen LogP contribution in [0.5, 0.6) is 0 Å². The number of rotatable bonds is 0. The lowest BCUT2D eigenvalue weighted by atomic mass is 10.1. The summed E-state index contributed by atoms with van der Waals surface area (Å²) in [7, 11) is 0. The first-order chi connectivity index (χ1) is 4.91. The highest BCUT2D eigenvalue weighted by molar-refractivity contribution is 9.10. The zero-order valence-electron chi connectivity index (χ0n) is 6.60. The van der Waals surface area contributed by atoms with Crippen molar-refractivity contribution in [1.29, 1.82) is 0 Å². The molecule has 1 heterocycles. The highest BCUT2D eigenvalue weighted by atomic mass is 79.9. The van der Waals surface area contributed by atoms with E-state index in [9.17, 15) is 0 Å². The molecule has 62 valence electrons. The number of aromatic nitrogens is 3. The Bertz CT molecular complexity index is 263. The van der Waals surface area contributed by atoms with Crippen LogP contribution < -0.4 is 0 Å². The fourth-order valence-electron chi connectivity index (χ4n) is 0.696. The van der Waals surface area contributed by atoms with Gasteiger partial charge in [-0.3, -0.25) is 0 Å². The highest BCUT2D eigenvalue weighted by Crippen LogP contribution is 2.20. The third-order valence-corrected chi connectivity index (χ3v) is 1.85. The summed E-state index contributed by atoms with van der Waals surface area (Å²) in [5, 5.41) is 4.28. The van der Waals surface area contributed by atoms with Crippen molar-refractivity contribution in [1.82, 2.24) is 14.8 Å². The first kappa shape index (κ1) is 9.00. The largest absolute Gasteiger partial charge is 0.243 e. The summed E-state index contributed by atoms with van der Waals surface area (Å²) in [5.41, 5.74) is -0.0844. The van der Waals surface area contributed by atoms with Crippen LogP contribution in [0.15, 0.2) is 4.73 Å². The molecule has 0 unspecified atom stereocenters. The second-order valence-corrected chi connectivity index (χ2v) is 4.28. The van der Waals surface area contributed by atoms with Gasteiger partial charge in [-0.25, -0.2) is 4.68 Å². The summed E-state index contributed by atoms with van der Waals surface area (Å²) in [6.07, 6.45) is 0. The normalized spacial score (nSPS) is 12.1. The van der Waals surface area contributed by atoms with E-state index in [2.05, 4.69) is 26.0 Å². The maximum atomic E-state index is 5.60. The molecule has 0 bridgehead atoms. The van der Waals surface area contributed by atoms with E-state index in [1.807, 2.05) is 20.8 Å². The van der Waals surface area contributed by atoms with Gasteiger partial charge in [0.05, 0.1) is 5.54 Å². The first-order valence-electron chi connectivity index (χ1n) is 3.20. The topological polar surface area (TPSA) is 30.7 Å². The van der Waals surface area contributed by atoms with E-state index < -0.39 is 0 Å². The lowest BCUT2D eigenvalue weighted by Gasteiger charge is -2.18. The summed E-state index contributed by atoms with van der Waals surface area (Å²) >= 11 is 8.86. The molecule has 0 atom stereocenters. The van der Waals surface area contributed by atoms with E-state index >= 15 is 0 Å². The average Bonchev–Trinajstić information content (AvgIpc) is 2.08. The lowest BCUT2D eigenvalue weighted by Crippen LogP contribution is -2.23. The molecule has 0 fully saturated rings. The Balaban J connectivity index is 3.13. The Morgan fingerprint density at radius 1 is 1.45 bits per heavy atom. The van der Waals surface area contributed by atoms with Crippen molar-refractivity contribution in [2.45, 2.75) is 26.3 Å². The van der Waals surface area contributed by atoms with Crippen molar-refractivity contribution in [3.63, 3.8) is 0 Å². The molecule has 0 aliphatic carbocycles. The molecule has 1 aromatic rings. The molecule has 11 heavy (non-hydrogen) atoms. The van der Waals surface area contributed by atoms with E-state index in [0.717, 1.165) is 0 Å². The van der Waals surface area contributed by atoms with Crippen molar-refractivity contribution in [2.75, 3.05) is 0 Å². The lowest BCUT2D eigenvalue weighted by molar-refractivity contribution is 0.347. The predicted molar refractivity (Wildman–Crippen MR) is 47.7 cm³/mol. The minimum absolute atomic E-state index is 0.0844. The van der Waals surface area contributed by atoms with Gasteiger partial charge < -0.3 is 0 Å². The van der Waals surface area contributed by atoms with Crippen LogP contribution in [0.1, 0.15) is 20.8 Å². The van der Waals surface area contributed by atoms with Gasteiger partial charge in [-0.15, -0.1) is 5.10 Å². The SMILES string of the molecule is CC(C)(C)n1nc(Cl)nc1Br. The van der Waals surface area contributed by atoms with Gasteiger partial charge >= 0.3 is 0 Å². The van der Waals surface area contributed by atoms with Gasteiger partial charge in [0.1, 0.15) is 0 Å². The molecule has 0 aliphatic heterocycles. The Morgan fingerprint density at radius 2 is 2.00 bits per heavy atom. The number of halogens is 2. The Labute approximate surface area is 78.9 Å². The van der Waals surface area contributed by atoms with Crippen molar-refractivity contribution in [2.24, 2.45) is 0 Å². The van der Waals surface area contributed by atoms with Crippen LogP contribution in [0.25, 0.3) is 0 Å².